The Labute approximate surface area is 189 Å². The first kappa shape index (κ1) is 23.2. The number of aromatic nitrogens is 2. The van der Waals surface area contributed by atoms with Gasteiger partial charge in [-0.1, -0.05) is 6.07 Å². The number of carbonyl (C=O) groups excluding carboxylic acids is 1. The van der Waals surface area contributed by atoms with E-state index in [4.69, 9.17) is 0 Å². The van der Waals surface area contributed by atoms with Gasteiger partial charge < -0.3 is 4.90 Å². The van der Waals surface area contributed by atoms with Gasteiger partial charge in [-0.15, -0.1) is 5.10 Å². The van der Waals surface area contributed by atoms with Crippen LogP contribution < -0.4 is 9.62 Å². The summed E-state index contributed by atoms with van der Waals surface area (Å²) >= 11 is 0. The molecule has 2 aliphatic heterocycles. The molecule has 1 aromatic carbocycles. The van der Waals surface area contributed by atoms with Crippen molar-refractivity contribution in [2.24, 2.45) is 0 Å². The van der Waals surface area contributed by atoms with E-state index in [-0.39, 0.29) is 24.3 Å². The zero-order chi connectivity index (χ0) is 23.8. The Bertz CT molecular complexity index is 1120. The zero-order valence-corrected chi connectivity index (χ0v) is 18.6. The standard InChI is InChI=1S/C20H23F3N6O3S/c1-33(31,32)29-8-6-16(15-5-4-14(13-17(15)29)20(21,22)23)27-9-11-28(12-10-27)19(30)25-18-3-2-7-24-26-18/h2-5,7,13,16H,6,8-12H2,1H3,(H,25,26,30). The molecule has 2 aliphatic rings. The number of anilines is 2. The van der Waals surface area contributed by atoms with Gasteiger partial charge in [-0.2, -0.15) is 18.3 Å². The molecular formula is C20H23F3N6O3S. The average molecular weight is 485 g/mol. The first-order valence-corrected chi connectivity index (χ1v) is 12.2. The van der Waals surface area contributed by atoms with Crippen LogP contribution in [0.2, 0.25) is 0 Å². The zero-order valence-electron chi connectivity index (χ0n) is 17.8. The van der Waals surface area contributed by atoms with E-state index in [0.717, 1.165) is 22.7 Å². The third-order valence-corrected chi connectivity index (χ3v) is 7.02. The van der Waals surface area contributed by atoms with Gasteiger partial charge in [-0.3, -0.25) is 14.5 Å². The predicted molar refractivity (Wildman–Crippen MR) is 115 cm³/mol. The average Bonchev–Trinajstić information content (AvgIpc) is 2.77. The number of sulfonamides is 1. The Kier molecular flexibility index (Phi) is 6.18. The van der Waals surface area contributed by atoms with Crippen molar-refractivity contribution in [2.45, 2.75) is 18.6 Å². The van der Waals surface area contributed by atoms with E-state index in [1.807, 2.05) is 0 Å². The van der Waals surface area contributed by atoms with Crippen molar-refractivity contribution in [1.82, 2.24) is 20.0 Å². The number of hydrogen-bond donors (Lipinski definition) is 1. The van der Waals surface area contributed by atoms with Gasteiger partial charge in [0.2, 0.25) is 10.0 Å². The fourth-order valence-electron chi connectivity index (χ4n) is 4.25. The van der Waals surface area contributed by atoms with E-state index < -0.39 is 21.8 Å². The van der Waals surface area contributed by atoms with Gasteiger partial charge in [0, 0.05) is 45.0 Å². The van der Waals surface area contributed by atoms with Gasteiger partial charge >= 0.3 is 12.2 Å². The number of piperazine rings is 1. The van der Waals surface area contributed by atoms with Gasteiger partial charge in [-0.25, -0.2) is 13.2 Å². The second-order valence-electron chi connectivity index (χ2n) is 7.97. The van der Waals surface area contributed by atoms with Crippen molar-refractivity contribution in [3.63, 3.8) is 0 Å². The molecule has 1 saturated heterocycles. The number of amides is 2. The lowest BCUT2D eigenvalue weighted by Gasteiger charge is -2.43. The molecule has 1 fully saturated rings. The highest BCUT2D eigenvalue weighted by Crippen LogP contribution is 2.42. The normalized spacial score (nSPS) is 19.8. The highest BCUT2D eigenvalue weighted by molar-refractivity contribution is 7.92. The number of nitrogens with one attached hydrogen (secondary N) is 1. The minimum absolute atomic E-state index is 0.0615. The molecule has 178 valence electrons. The van der Waals surface area contributed by atoms with Crippen LogP contribution in [0.5, 0.6) is 0 Å². The molecule has 2 amide bonds. The van der Waals surface area contributed by atoms with Crippen LogP contribution in [-0.4, -0.2) is 73.4 Å². The van der Waals surface area contributed by atoms with Crippen molar-refractivity contribution in [1.29, 1.82) is 0 Å². The smallest absolute Gasteiger partial charge is 0.322 e. The lowest BCUT2D eigenvalue weighted by atomic mass is 9.94. The molecule has 0 bridgehead atoms. The minimum Gasteiger partial charge on any atom is -0.322 e. The second kappa shape index (κ2) is 8.78. The summed E-state index contributed by atoms with van der Waals surface area (Å²) in [6.07, 6.45) is -1.64. The van der Waals surface area contributed by atoms with Crippen LogP contribution in [-0.2, 0) is 16.2 Å². The number of nitrogens with zero attached hydrogens (tertiary/aromatic N) is 5. The molecular weight excluding hydrogens is 461 g/mol. The summed E-state index contributed by atoms with van der Waals surface area (Å²) < 4.78 is 65.3. The minimum atomic E-state index is -4.58. The Morgan fingerprint density at radius 2 is 1.85 bits per heavy atom. The topological polar surface area (TPSA) is 98.7 Å². The summed E-state index contributed by atoms with van der Waals surface area (Å²) in [6, 6.07) is 6.00. The van der Waals surface area contributed by atoms with Crippen molar-refractivity contribution >= 4 is 27.6 Å². The van der Waals surface area contributed by atoms with E-state index in [2.05, 4.69) is 20.4 Å². The van der Waals surface area contributed by atoms with Gasteiger partial charge in [0.1, 0.15) is 0 Å². The molecule has 1 unspecified atom stereocenters. The van der Waals surface area contributed by atoms with Crippen LogP contribution in [0.4, 0.5) is 29.5 Å². The molecule has 4 rings (SSSR count). The quantitative estimate of drug-likeness (QED) is 0.719. The van der Waals surface area contributed by atoms with Crippen molar-refractivity contribution < 1.29 is 26.4 Å². The Balaban J connectivity index is 1.51. The Morgan fingerprint density at radius 3 is 2.45 bits per heavy atom. The fraction of sp³-hybridized carbons (Fsp3) is 0.450. The molecule has 3 heterocycles. The van der Waals surface area contributed by atoms with E-state index in [9.17, 15) is 26.4 Å². The third kappa shape index (κ3) is 5.03. The number of hydrogen-bond acceptors (Lipinski definition) is 6. The van der Waals surface area contributed by atoms with Gasteiger partial charge in [0.15, 0.2) is 5.82 Å². The summed E-state index contributed by atoms with van der Waals surface area (Å²) in [5.74, 6) is 0.340. The largest absolute Gasteiger partial charge is 0.416 e. The molecule has 1 atom stereocenters. The number of urea groups is 1. The van der Waals surface area contributed by atoms with Crippen LogP contribution in [0.3, 0.4) is 0 Å². The number of halogens is 3. The van der Waals surface area contributed by atoms with Crippen LogP contribution in [0.1, 0.15) is 23.6 Å². The van der Waals surface area contributed by atoms with Crippen LogP contribution in [0, 0.1) is 0 Å². The summed E-state index contributed by atoms with van der Waals surface area (Å²) in [6.45, 7) is 1.91. The van der Waals surface area contributed by atoms with E-state index in [1.165, 1.54) is 12.3 Å². The second-order valence-corrected chi connectivity index (χ2v) is 9.88. The van der Waals surface area contributed by atoms with Crippen LogP contribution in [0.15, 0.2) is 36.5 Å². The molecule has 1 N–H and O–H groups in total. The van der Waals surface area contributed by atoms with Crippen LogP contribution in [0.25, 0.3) is 0 Å². The monoisotopic (exact) mass is 484 g/mol. The molecule has 0 radical (unpaired) electrons. The number of rotatable bonds is 3. The molecule has 13 heteroatoms. The maximum atomic E-state index is 13.3. The van der Waals surface area contributed by atoms with E-state index in [1.54, 1.807) is 17.0 Å². The lowest BCUT2D eigenvalue weighted by Crippen LogP contribution is -2.52. The number of carbonyl (C=O) groups is 1. The predicted octanol–water partition coefficient (Wildman–Crippen LogP) is 2.56. The Hall–Kier alpha value is -2.93. The molecule has 0 spiro atoms. The first-order valence-electron chi connectivity index (χ1n) is 10.3. The maximum absolute atomic E-state index is 13.3. The fourth-order valence-corrected chi connectivity index (χ4v) is 5.20. The summed E-state index contributed by atoms with van der Waals surface area (Å²) in [5, 5.41) is 10.2. The lowest BCUT2D eigenvalue weighted by molar-refractivity contribution is -0.137. The highest BCUT2D eigenvalue weighted by Gasteiger charge is 2.38. The highest BCUT2D eigenvalue weighted by atomic mass is 32.2. The molecule has 2 aromatic rings. The van der Waals surface area contributed by atoms with E-state index in [0.29, 0.717) is 44.0 Å². The number of benzene rings is 1. The molecule has 0 saturated carbocycles. The van der Waals surface area contributed by atoms with Gasteiger partial charge in [0.25, 0.3) is 0 Å². The molecule has 1 aromatic heterocycles. The van der Waals surface area contributed by atoms with Gasteiger partial charge in [-0.05, 0) is 36.2 Å². The summed E-state index contributed by atoms with van der Waals surface area (Å²) in [5.41, 5.74) is -0.287. The Morgan fingerprint density at radius 1 is 1.12 bits per heavy atom. The maximum Gasteiger partial charge on any atom is 0.416 e. The number of alkyl halides is 3. The van der Waals surface area contributed by atoms with Crippen LogP contribution >= 0.6 is 0 Å². The SMILES string of the molecule is CS(=O)(=O)N1CCC(N2CCN(C(=O)Nc3cccnn3)CC2)c2ccc(C(F)(F)F)cc21. The summed E-state index contributed by atoms with van der Waals surface area (Å²) in [7, 11) is -3.73. The van der Waals surface area contributed by atoms with Gasteiger partial charge in [0.05, 0.1) is 17.5 Å². The van der Waals surface area contributed by atoms with Crippen molar-refractivity contribution in [3.8, 4) is 0 Å². The third-order valence-electron chi connectivity index (χ3n) is 5.84. The van der Waals surface area contributed by atoms with E-state index >= 15 is 0 Å². The molecule has 9 nitrogen and oxygen atoms in total. The molecule has 0 aliphatic carbocycles. The molecule has 33 heavy (non-hydrogen) atoms. The van der Waals surface area contributed by atoms with Crippen molar-refractivity contribution in [2.75, 3.05) is 48.6 Å². The summed E-state index contributed by atoms with van der Waals surface area (Å²) in [4.78, 5) is 16.2. The number of fused-ring (bicyclic) bond motifs is 1. The first-order chi connectivity index (χ1) is 15.5. The van der Waals surface area contributed by atoms with Crippen molar-refractivity contribution in [3.05, 3.63) is 47.7 Å².